The van der Waals surface area contributed by atoms with Crippen LogP contribution in [0.25, 0.3) is 5.70 Å². The lowest BCUT2D eigenvalue weighted by Crippen LogP contribution is -2.20. The molecule has 0 bridgehead atoms. The number of carbonyl (C=O) groups excluding carboxylic acids is 1. The smallest absolute Gasteiger partial charge is 0.314 e. The maximum absolute atomic E-state index is 12.3. The number of amides is 1. The first kappa shape index (κ1) is 15.6. The predicted molar refractivity (Wildman–Crippen MR) is 94.3 cm³/mol. The lowest BCUT2D eigenvalue weighted by atomic mass is 10.2. The second kappa shape index (κ2) is 6.07. The van der Waals surface area contributed by atoms with Crippen molar-refractivity contribution in [2.75, 3.05) is 0 Å². The number of aryl methyl sites for hydroxylation is 1. The number of carbonyl (C=O) groups is 1. The van der Waals surface area contributed by atoms with Crippen molar-refractivity contribution in [2.24, 2.45) is 12.0 Å². The van der Waals surface area contributed by atoms with Gasteiger partial charge in [0.15, 0.2) is 5.82 Å². The van der Waals surface area contributed by atoms with Crippen LogP contribution in [0, 0.1) is 10.1 Å². The molecule has 0 aliphatic carbocycles. The summed E-state index contributed by atoms with van der Waals surface area (Å²) in [6.07, 6.45) is 3.23. The fraction of sp³-hybridized carbons (Fsp3) is 0.0769. The standard InChI is InChI=1S/C13H8IN5O3S/c1-18-12-7(6-15-18)8(2-4-10(14)17-12)16-13(20)9-3-5-11(23-9)19(21)22/h3-6H,1H3,(H,16,20). The first-order valence-electron chi connectivity index (χ1n) is 6.24. The normalized spacial score (nSPS) is 13.0. The number of rotatable bonds is 3. The van der Waals surface area contributed by atoms with E-state index in [-0.39, 0.29) is 9.88 Å². The van der Waals surface area contributed by atoms with Gasteiger partial charge in [0.25, 0.3) is 5.91 Å². The van der Waals surface area contributed by atoms with Crippen LogP contribution in [0.15, 0.2) is 35.1 Å². The van der Waals surface area contributed by atoms with Gasteiger partial charge in [0.1, 0.15) is 3.72 Å². The van der Waals surface area contributed by atoms with Gasteiger partial charge in [-0.05, 0) is 28.7 Å². The Morgan fingerprint density at radius 2 is 2.30 bits per heavy atom. The number of allylic oxidation sites excluding steroid dienone is 1. The minimum Gasteiger partial charge on any atom is -0.314 e. The van der Waals surface area contributed by atoms with E-state index in [0.29, 0.717) is 20.8 Å². The Labute approximate surface area is 147 Å². The highest BCUT2D eigenvalue weighted by molar-refractivity contribution is 14.1. The zero-order valence-corrected chi connectivity index (χ0v) is 14.6. The number of hydrogen-bond donors (Lipinski definition) is 1. The Hall–Kier alpha value is -2.30. The van der Waals surface area contributed by atoms with Gasteiger partial charge in [-0.25, -0.2) is 4.99 Å². The summed E-state index contributed by atoms with van der Waals surface area (Å²) in [5, 5.41) is 17.5. The van der Waals surface area contributed by atoms with Crippen LogP contribution in [0.2, 0.25) is 0 Å². The SMILES string of the molecule is Cn1ncc2c1N=C(I)C=C=C2NC(=O)c1ccc([N+](=O)[O-])s1. The van der Waals surface area contributed by atoms with Crippen LogP contribution >= 0.6 is 33.9 Å². The second-order valence-electron chi connectivity index (χ2n) is 4.45. The minimum atomic E-state index is -0.526. The summed E-state index contributed by atoms with van der Waals surface area (Å²) in [6.45, 7) is 0. The Balaban J connectivity index is 1.92. The van der Waals surface area contributed by atoms with Crippen molar-refractivity contribution in [1.82, 2.24) is 15.1 Å². The van der Waals surface area contributed by atoms with Gasteiger partial charge in [-0.2, -0.15) is 5.10 Å². The number of aromatic nitrogens is 2. The fourth-order valence-electron chi connectivity index (χ4n) is 1.91. The van der Waals surface area contributed by atoms with Gasteiger partial charge in [0, 0.05) is 19.2 Å². The molecular weight excluding hydrogens is 433 g/mol. The molecule has 3 heterocycles. The van der Waals surface area contributed by atoms with Gasteiger partial charge < -0.3 is 5.32 Å². The summed E-state index contributed by atoms with van der Waals surface area (Å²) in [7, 11) is 1.75. The van der Waals surface area contributed by atoms with E-state index < -0.39 is 10.8 Å². The molecule has 0 atom stereocenters. The van der Waals surface area contributed by atoms with Gasteiger partial charge in [-0.15, -0.1) is 0 Å². The Kier molecular flexibility index (Phi) is 4.11. The first-order chi connectivity index (χ1) is 11.0. The average Bonchev–Trinajstić information content (AvgIpc) is 3.09. The molecule has 2 aromatic rings. The van der Waals surface area contributed by atoms with E-state index in [0.717, 1.165) is 11.3 Å². The van der Waals surface area contributed by atoms with Gasteiger partial charge >= 0.3 is 5.00 Å². The molecule has 8 nitrogen and oxygen atoms in total. The Morgan fingerprint density at radius 3 is 3.00 bits per heavy atom. The number of aliphatic imine (C=N–C) groups is 1. The van der Waals surface area contributed by atoms with E-state index in [1.807, 2.05) is 0 Å². The lowest BCUT2D eigenvalue weighted by Gasteiger charge is -2.05. The summed E-state index contributed by atoms with van der Waals surface area (Å²) in [6, 6.07) is 2.72. The molecule has 0 fully saturated rings. The highest BCUT2D eigenvalue weighted by Crippen LogP contribution is 2.28. The summed E-state index contributed by atoms with van der Waals surface area (Å²) in [5.74, 6) is 0.161. The maximum Gasteiger partial charge on any atom is 0.324 e. The number of thiophene rings is 1. The van der Waals surface area contributed by atoms with Crippen molar-refractivity contribution in [3.8, 4) is 0 Å². The molecule has 1 N–H and O–H groups in total. The molecule has 23 heavy (non-hydrogen) atoms. The van der Waals surface area contributed by atoms with Gasteiger partial charge in [-0.1, -0.05) is 17.1 Å². The van der Waals surface area contributed by atoms with E-state index in [2.05, 4.69) is 43.7 Å². The molecule has 0 saturated heterocycles. The van der Waals surface area contributed by atoms with Crippen LogP contribution in [0.3, 0.4) is 0 Å². The summed E-state index contributed by atoms with van der Waals surface area (Å²) in [4.78, 5) is 27.1. The molecular formula is C13H8IN5O3S. The monoisotopic (exact) mass is 441 g/mol. The van der Waals surface area contributed by atoms with Crippen LogP contribution in [-0.2, 0) is 7.05 Å². The summed E-state index contributed by atoms with van der Waals surface area (Å²) < 4.78 is 2.29. The third-order valence-corrected chi connectivity index (χ3v) is 4.55. The molecule has 1 aliphatic heterocycles. The minimum absolute atomic E-state index is 0.0829. The molecule has 10 heteroatoms. The van der Waals surface area contributed by atoms with E-state index in [9.17, 15) is 14.9 Å². The number of nitrogens with zero attached hydrogens (tertiary/aromatic N) is 4. The van der Waals surface area contributed by atoms with E-state index in [4.69, 9.17) is 0 Å². The topological polar surface area (TPSA) is 102 Å². The van der Waals surface area contributed by atoms with Crippen LogP contribution in [0.1, 0.15) is 15.2 Å². The lowest BCUT2D eigenvalue weighted by molar-refractivity contribution is -0.380. The largest absolute Gasteiger partial charge is 0.324 e. The highest BCUT2D eigenvalue weighted by Gasteiger charge is 2.20. The fourth-order valence-corrected chi connectivity index (χ4v) is 3.01. The predicted octanol–water partition coefficient (Wildman–Crippen LogP) is 2.79. The molecule has 0 unspecified atom stereocenters. The molecule has 0 spiro atoms. The van der Waals surface area contributed by atoms with Crippen molar-refractivity contribution in [2.45, 2.75) is 0 Å². The Morgan fingerprint density at radius 1 is 1.52 bits per heavy atom. The molecule has 0 aromatic carbocycles. The third-order valence-electron chi connectivity index (χ3n) is 2.96. The van der Waals surface area contributed by atoms with Gasteiger partial charge in [-0.3, -0.25) is 19.6 Å². The maximum atomic E-state index is 12.3. The molecule has 116 valence electrons. The molecule has 0 saturated carbocycles. The van der Waals surface area contributed by atoms with Crippen LogP contribution in [0.4, 0.5) is 10.8 Å². The quantitative estimate of drug-likeness (QED) is 0.343. The number of hydrogen-bond acceptors (Lipinski definition) is 6. The van der Waals surface area contributed by atoms with E-state index in [1.54, 1.807) is 24.0 Å². The number of fused-ring (bicyclic) bond motifs is 1. The van der Waals surface area contributed by atoms with Crippen molar-refractivity contribution in [1.29, 1.82) is 0 Å². The van der Waals surface area contributed by atoms with E-state index >= 15 is 0 Å². The van der Waals surface area contributed by atoms with Crippen LogP contribution < -0.4 is 5.32 Å². The van der Waals surface area contributed by atoms with Crippen LogP contribution in [-0.4, -0.2) is 24.3 Å². The average molecular weight is 441 g/mol. The zero-order valence-electron chi connectivity index (χ0n) is 11.6. The summed E-state index contributed by atoms with van der Waals surface area (Å²) >= 11 is 2.87. The molecule has 2 aromatic heterocycles. The highest BCUT2D eigenvalue weighted by atomic mass is 127. The second-order valence-corrected chi connectivity index (χ2v) is 6.62. The van der Waals surface area contributed by atoms with Crippen LogP contribution in [0.5, 0.6) is 0 Å². The Bertz CT molecular complexity index is 920. The van der Waals surface area contributed by atoms with Crippen molar-refractivity contribution in [3.63, 3.8) is 0 Å². The van der Waals surface area contributed by atoms with Crippen molar-refractivity contribution in [3.05, 3.63) is 50.7 Å². The number of halogens is 1. The number of nitrogens with one attached hydrogen (secondary N) is 1. The molecule has 1 aliphatic rings. The molecule has 1 amide bonds. The zero-order chi connectivity index (χ0) is 16.6. The van der Waals surface area contributed by atoms with Crippen molar-refractivity contribution < 1.29 is 9.72 Å². The summed E-state index contributed by atoms with van der Waals surface area (Å²) in [5.41, 5.74) is 4.02. The number of nitro groups is 1. The third kappa shape index (κ3) is 3.09. The van der Waals surface area contributed by atoms with E-state index in [1.165, 1.54) is 12.1 Å². The van der Waals surface area contributed by atoms with Crippen molar-refractivity contribution >= 4 is 60.1 Å². The van der Waals surface area contributed by atoms with Gasteiger partial charge in [0.05, 0.1) is 27.3 Å². The van der Waals surface area contributed by atoms with Gasteiger partial charge in [0.2, 0.25) is 0 Å². The molecule has 3 rings (SSSR count). The first-order valence-corrected chi connectivity index (χ1v) is 8.14. The molecule has 0 radical (unpaired) electrons.